The summed E-state index contributed by atoms with van der Waals surface area (Å²) >= 11 is 2.42. The molecule has 0 saturated carbocycles. The Morgan fingerprint density at radius 1 is 0.917 bits per heavy atom. The third kappa shape index (κ3) is 2.12. The molecule has 0 spiro atoms. The van der Waals surface area contributed by atoms with Gasteiger partial charge in [0.1, 0.15) is 0 Å². The molecule has 0 amide bonds. The second-order valence-electron chi connectivity index (χ2n) is 3.93. The van der Waals surface area contributed by atoms with Crippen LogP contribution in [-0.4, -0.2) is 40.2 Å². The van der Waals surface area contributed by atoms with Crippen molar-refractivity contribution >= 4 is 22.9 Å². The molecule has 0 aromatic rings. The Morgan fingerprint density at radius 2 is 1.50 bits per heavy atom. The van der Waals surface area contributed by atoms with E-state index in [1.54, 1.807) is 0 Å². The van der Waals surface area contributed by atoms with Gasteiger partial charge in [-0.2, -0.15) is 0 Å². The molecule has 0 radical (unpaired) electrons. The molecule has 0 aromatic carbocycles. The van der Waals surface area contributed by atoms with Crippen molar-refractivity contribution in [1.29, 1.82) is 0 Å². The Balaban J connectivity index is 1.78. The summed E-state index contributed by atoms with van der Waals surface area (Å²) in [5.41, 5.74) is 0. The standard InChI is InChI=1S/C9H17IN2/c10-12-7-9(8-12)11-5-3-1-2-4-6-11/h9H,1-8H2. The van der Waals surface area contributed by atoms with Crippen LogP contribution in [0.25, 0.3) is 0 Å². The van der Waals surface area contributed by atoms with Gasteiger partial charge in [-0.25, -0.2) is 3.11 Å². The van der Waals surface area contributed by atoms with Crippen LogP contribution in [0.5, 0.6) is 0 Å². The average molecular weight is 280 g/mol. The number of likely N-dealkylation sites (tertiary alicyclic amines) is 1. The third-order valence-corrected chi connectivity index (χ3v) is 3.76. The van der Waals surface area contributed by atoms with Gasteiger partial charge in [0.2, 0.25) is 0 Å². The minimum absolute atomic E-state index is 0.889. The lowest BCUT2D eigenvalue weighted by molar-refractivity contribution is 0.109. The van der Waals surface area contributed by atoms with Crippen molar-refractivity contribution < 1.29 is 0 Å². The second kappa shape index (κ2) is 4.24. The zero-order chi connectivity index (χ0) is 8.39. The highest BCUT2D eigenvalue weighted by atomic mass is 127. The summed E-state index contributed by atoms with van der Waals surface area (Å²) in [5.74, 6) is 0. The van der Waals surface area contributed by atoms with E-state index < -0.39 is 0 Å². The highest BCUT2D eigenvalue weighted by Gasteiger charge is 2.30. The zero-order valence-electron chi connectivity index (χ0n) is 7.51. The van der Waals surface area contributed by atoms with Gasteiger partial charge in [-0.05, 0) is 25.9 Å². The van der Waals surface area contributed by atoms with Crippen molar-refractivity contribution in [1.82, 2.24) is 8.01 Å². The molecule has 2 saturated heterocycles. The second-order valence-corrected chi connectivity index (χ2v) is 5.30. The quantitative estimate of drug-likeness (QED) is 0.534. The highest BCUT2D eigenvalue weighted by Crippen LogP contribution is 2.21. The van der Waals surface area contributed by atoms with Crippen LogP contribution < -0.4 is 0 Å². The predicted molar refractivity (Wildman–Crippen MR) is 59.4 cm³/mol. The van der Waals surface area contributed by atoms with Gasteiger partial charge in [0.15, 0.2) is 0 Å². The van der Waals surface area contributed by atoms with E-state index in [9.17, 15) is 0 Å². The molecule has 0 unspecified atom stereocenters. The van der Waals surface area contributed by atoms with Crippen molar-refractivity contribution in [2.75, 3.05) is 26.2 Å². The maximum absolute atomic E-state index is 2.70. The topological polar surface area (TPSA) is 6.48 Å². The van der Waals surface area contributed by atoms with Crippen molar-refractivity contribution in [3.05, 3.63) is 0 Å². The monoisotopic (exact) mass is 280 g/mol. The summed E-state index contributed by atoms with van der Waals surface area (Å²) in [7, 11) is 0. The SMILES string of the molecule is IN1CC(N2CCCCCC2)C1. The minimum Gasteiger partial charge on any atom is -0.298 e. The fourth-order valence-electron chi connectivity index (χ4n) is 2.10. The van der Waals surface area contributed by atoms with E-state index in [-0.39, 0.29) is 0 Å². The maximum atomic E-state index is 2.70. The van der Waals surface area contributed by atoms with Crippen LogP contribution in [0.3, 0.4) is 0 Å². The molecule has 0 atom stereocenters. The molecule has 2 aliphatic rings. The summed E-state index contributed by atoms with van der Waals surface area (Å²) in [4.78, 5) is 2.70. The lowest BCUT2D eigenvalue weighted by Crippen LogP contribution is -2.55. The minimum atomic E-state index is 0.889. The molecule has 0 bridgehead atoms. The van der Waals surface area contributed by atoms with E-state index in [0.29, 0.717) is 0 Å². The van der Waals surface area contributed by atoms with Gasteiger partial charge in [0, 0.05) is 42.0 Å². The molecule has 70 valence electrons. The van der Waals surface area contributed by atoms with Crippen molar-refractivity contribution in [2.24, 2.45) is 0 Å². The summed E-state index contributed by atoms with van der Waals surface area (Å²) in [6, 6.07) is 0.889. The van der Waals surface area contributed by atoms with Gasteiger partial charge >= 0.3 is 0 Å². The fourth-order valence-corrected chi connectivity index (χ4v) is 3.00. The van der Waals surface area contributed by atoms with Crippen LogP contribution in [0, 0.1) is 0 Å². The van der Waals surface area contributed by atoms with Gasteiger partial charge in [0.05, 0.1) is 0 Å². The molecule has 2 rings (SSSR count). The molecule has 2 nitrogen and oxygen atoms in total. The zero-order valence-corrected chi connectivity index (χ0v) is 9.66. The van der Waals surface area contributed by atoms with E-state index in [0.717, 1.165) is 6.04 Å². The first-order valence-corrected chi connectivity index (χ1v) is 5.97. The molecule has 12 heavy (non-hydrogen) atoms. The Morgan fingerprint density at radius 3 is 2.00 bits per heavy atom. The molecule has 0 N–H and O–H groups in total. The lowest BCUT2D eigenvalue weighted by atomic mass is 10.1. The van der Waals surface area contributed by atoms with E-state index in [2.05, 4.69) is 30.9 Å². The van der Waals surface area contributed by atoms with Crippen molar-refractivity contribution in [2.45, 2.75) is 31.7 Å². The highest BCUT2D eigenvalue weighted by molar-refractivity contribution is 14.1. The number of hydrogen-bond acceptors (Lipinski definition) is 2. The fraction of sp³-hybridized carbons (Fsp3) is 1.00. The Hall–Kier alpha value is 0.650. The van der Waals surface area contributed by atoms with Crippen LogP contribution >= 0.6 is 22.9 Å². The molecule has 0 aliphatic carbocycles. The number of halogens is 1. The first-order valence-electron chi connectivity index (χ1n) is 5.01. The van der Waals surface area contributed by atoms with Gasteiger partial charge < -0.3 is 0 Å². The molecular weight excluding hydrogens is 263 g/mol. The van der Waals surface area contributed by atoms with E-state index in [1.807, 2.05) is 0 Å². The largest absolute Gasteiger partial charge is 0.298 e. The molecule has 2 fully saturated rings. The predicted octanol–water partition coefficient (Wildman–Crippen LogP) is 1.90. The van der Waals surface area contributed by atoms with Crippen molar-refractivity contribution in [3.8, 4) is 0 Å². The average Bonchev–Trinajstić information content (AvgIpc) is 2.26. The van der Waals surface area contributed by atoms with E-state index >= 15 is 0 Å². The number of nitrogens with zero attached hydrogens (tertiary/aromatic N) is 2. The van der Waals surface area contributed by atoms with Crippen LogP contribution in [-0.2, 0) is 0 Å². The van der Waals surface area contributed by atoms with Gasteiger partial charge in [-0.15, -0.1) is 0 Å². The van der Waals surface area contributed by atoms with Crippen LogP contribution in [0.4, 0.5) is 0 Å². The third-order valence-electron chi connectivity index (χ3n) is 2.97. The first kappa shape index (κ1) is 9.21. The van der Waals surface area contributed by atoms with Gasteiger partial charge in [-0.3, -0.25) is 4.90 Å². The van der Waals surface area contributed by atoms with Crippen LogP contribution in [0.1, 0.15) is 25.7 Å². The smallest absolute Gasteiger partial charge is 0.0366 e. The summed E-state index contributed by atoms with van der Waals surface area (Å²) < 4.78 is 2.38. The van der Waals surface area contributed by atoms with Crippen LogP contribution in [0.15, 0.2) is 0 Å². The lowest BCUT2D eigenvalue weighted by Gasteiger charge is -2.42. The summed E-state index contributed by atoms with van der Waals surface area (Å²) in [6.07, 6.45) is 5.77. The van der Waals surface area contributed by atoms with E-state index in [4.69, 9.17) is 0 Å². The number of hydrogen-bond donors (Lipinski definition) is 0. The molecule has 0 aromatic heterocycles. The summed E-state index contributed by atoms with van der Waals surface area (Å²) in [5, 5.41) is 0. The van der Waals surface area contributed by atoms with Gasteiger partial charge in [-0.1, -0.05) is 12.8 Å². The number of rotatable bonds is 1. The van der Waals surface area contributed by atoms with E-state index in [1.165, 1.54) is 51.9 Å². The maximum Gasteiger partial charge on any atom is 0.0366 e. The molecule has 3 heteroatoms. The van der Waals surface area contributed by atoms with Crippen LogP contribution in [0.2, 0.25) is 0 Å². The Kier molecular flexibility index (Phi) is 3.26. The van der Waals surface area contributed by atoms with Gasteiger partial charge in [0.25, 0.3) is 0 Å². The van der Waals surface area contributed by atoms with Crippen molar-refractivity contribution in [3.63, 3.8) is 0 Å². The molecule has 2 heterocycles. The molecule has 2 aliphatic heterocycles. The Bertz CT molecular complexity index is 137. The summed E-state index contributed by atoms with van der Waals surface area (Å²) in [6.45, 7) is 5.30. The first-order chi connectivity index (χ1) is 5.86. The normalized spacial score (nSPS) is 29.8. The Labute approximate surface area is 88.8 Å². The molecular formula is C9H17IN2.